The maximum absolute atomic E-state index is 3.49. The van der Waals surface area contributed by atoms with Gasteiger partial charge in [-0.2, -0.15) is 6.42 Å². The van der Waals surface area contributed by atoms with E-state index in [9.17, 15) is 0 Å². The van der Waals surface area contributed by atoms with Crippen LogP contribution in [0, 0.1) is 6.92 Å². The molecule has 0 spiro atoms. The fourth-order valence-corrected chi connectivity index (χ4v) is 0. The summed E-state index contributed by atoms with van der Waals surface area (Å²) in [5, 5.41) is 0. The van der Waals surface area contributed by atoms with E-state index in [4.69, 9.17) is 0 Å². The fraction of sp³-hybridized carbons (Fsp3) is 0.800. The SMILES string of the molecule is CC.[CH2-]CC.[K+]. The van der Waals surface area contributed by atoms with Gasteiger partial charge in [0.2, 0.25) is 0 Å². The molecule has 0 fully saturated rings. The topological polar surface area (TPSA) is 0 Å². The van der Waals surface area contributed by atoms with E-state index >= 15 is 0 Å². The molecule has 0 aliphatic heterocycles. The van der Waals surface area contributed by atoms with Gasteiger partial charge in [0.1, 0.15) is 0 Å². The number of hydrogen-bond donors (Lipinski definition) is 0. The van der Waals surface area contributed by atoms with Gasteiger partial charge in [-0.1, -0.05) is 20.8 Å². The first-order valence-corrected chi connectivity index (χ1v) is 2.21. The summed E-state index contributed by atoms with van der Waals surface area (Å²) in [6, 6.07) is 0. The van der Waals surface area contributed by atoms with Crippen molar-refractivity contribution in [3.63, 3.8) is 0 Å². The van der Waals surface area contributed by atoms with Gasteiger partial charge >= 0.3 is 51.4 Å². The van der Waals surface area contributed by atoms with Crippen molar-refractivity contribution in [1.82, 2.24) is 0 Å². The van der Waals surface area contributed by atoms with E-state index in [1.807, 2.05) is 20.8 Å². The molecule has 0 atom stereocenters. The van der Waals surface area contributed by atoms with Gasteiger partial charge in [-0.3, -0.25) is 0 Å². The van der Waals surface area contributed by atoms with Crippen LogP contribution in [0.25, 0.3) is 0 Å². The van der Waals surface area contributed by atoms with Crippen LogP contribution in [0.1, 0.15) is 27.2 Å². The molecule has 0 unspecified atom stereocenters. The summed E-state index contributed by atoms with van der Waals surface area (Å²) in [4.78, 5) is 0. The Morgan fingerprint density at radius 3 is 1.33 bits per heavy atom. The summed E-state index contributed by atoms with van der Waals surface area (Å²) in [7, 11) is 0. The van der Waals surface area contributed by atoms with Crippen molar-refractivity contribution in [3.05, 3.63) is 6.92 Å². The van der Waals surface area contributed by atoms with E-state index in [2.05, 4.69) is 6.92 Å². The van der Waals surface area contributed by atoms with Gasteiger partial charge in [-0.25, -0.2) is 0 Å². The van der Waals surface area contributed by atoms with Crippen LogP contribution in [0.2, 0.25) is 0 Å². The maximum atomic E-state index is 3.49. The van der Waals surface area contributed by atoms with Crippen molar-refractivity contribution >= 4 is 0 Å². The van der Waals surface area contributed by atoms with E-state index in [-0.39, 0.29) is 51.4 Å². The third-order valence-electron chi connectivity index (χ3n) is 0. The van der Waals surface area contributed by atoms with E-state index < -0.39 is 0 Å². The van der Waals surface area contributed by atoms with E-state index in [1.165, 1.54) is 0 Å². The minimum Gasteiger partial charge on any atom is -0.344 e. The minimum atomic E-state index is 0. The molecule has 34 valence electrons. The molecular formula is C5H13K. The molecule has 0 aliphatic rings. The Morgan fingerprint density at radius 1 is 1.33 bits per heavy atom. The fourth-order valence-electron chi connectivity index (χ4n) is 0. The third kappa shape index (κ3) is 45.2. The summed E-state index contributed by atoms with van der Waals surface area (Å²) < 4.78 is 0. The van der Waals surface area contributed by atoms with Crippen LogP contribution in [-0.2, 0) is 0 Å². The smallest absolute Gasteiger partial charge is 0.344 e. The Bertz CT molecular complexity index is 3.90. The molecule has 0 aliphatic carbocycles. The summed E-state index contributed by atoms with van der Waals surface area (Å²) in [6.07, 6.45) is 1.00. The molecule has 0 saturated carbocycles. The molecule has 1 heteroatoms. The second kappa shape index (κ2) is 30.3. The standard InChI is InChI=1S/C3H7.C2H6.K/c1-3-2;1-2;/h1,3H2,2H3;1-2H3;/q-1;;+1. The van der Waals surface area contributed by atoms with Crippen LogP contribution < -0.4 is 51.4 Å². The molecule has 0 radical (unpaired) electrons. The first-order chi connectivity index (χ1) is 2.41. The molecule has 0 bridgehead atoms. The van der Waals surface area contributed by atoms with E-state index in [1.54, 1.807) is 0 Å². The summed E-state index contributed by atoms with van der Waals surface area (Å²) in [6.45, 7) is 9.50. The van der Waals surface area contributed by atoms with Crippen LogP contribution in [0.5, 0.6) is 0 Å². The summed E-state index contributed by atoms with van der Waals surface area (Å²) >= 11 is 0. The van der Waals surface area contributed by atoms with Crippen molar-refractivity contribution in [1.29, 1.82) is 0 Å². The van der Waals surface area contributed by atoms with Crippen molar-refractivity contribution in [2.75, 3.05) is 0 Å². The average Bonchev–Trinajstić information content (AvgIpc) is 1.46. The molecule has 0 amide bonds. The van der Waals surface area contributed by atoms with Crippen molar-refractivity contribution in [3.8, 4) is 0 Å². The zero-order valence-electron chi connectivity index (χ0n) is 5.41. The van der Waals surface area contributed by atoms with Gasteiger partial charge in [-0.15, -0.1) is 0 Å². The molecule has 0 rings (SSSR count). The van der Waals surface area contributed by atoms with Crippen molar-refractivity contribution in [2.45, 2.75) is 27.2 Å². The predicted molar refractivity (Wildman–Crippen MR) is 27.0 cm³/mol. The van der Waals surface area contributed by atoms with Gasteiger partial charge in [-0.05, 0) is 0 Å². The molecule has 0 heterocycles. The average molecular weight is 112 g/mol. The monoisotopic (exact) mass is 112 g/mol. The molecule has 0 N–H and O–H groups in total. The quantitative estimate of drug-likeness (QED) is 0.286. The Labute approximate surface area is 84.1 Å². The maximum Gasteiger partial charge on any atom is 1.00 e. The normalized spacial score (nSPS) is 4.00. The first-order valence-electron chi connectivity index (χ1n) is 2.21. The number of hydrogen-bond acceptors (Lipinski definition) is 0. The Hall–Kier alpha value is 1.64. The number of rotatable bonds is 0. The van der Waals surface area contributed by atoms with Crippen LogP contribution >= 0.6 is 0 Å². The first kappa shape index (κ1) is 15.6. The summed E-state index contributed by atoms with van der Waals surface area (Å²) in [5.74, 6) is 0. The van der Waals surface area contributed by atoms with Crippen LogP contribution in [0.15, 0.2) is 0 Å². The molecule has 0 aromatic heterocycles. The molecule has 6 heavy (non-hydrogen) atoms. The molecule has 0 saturated heterocycles. The van der Waals surface area contributed by atoms with Crippen LogP contribution in [-0.4, -0.2) is 0 Å². The zero-order valence-corrected chi connectivity index (χ0v) is 8.54. The minimum absolute atomic E-state index is 0. The predicted octanol–water partition coefficient (Wildman–Crippen LogP) is -0.739. The van der Waals surface area contributed by atoms with Gasteiger partial charge in [0.25, 0.3) is 0 Å². The van der Waals surface area contributed by atoms with Gasteiger partial charge < -0.3 is 6.92 Å². The molecule has 0 aromatic rings. The van der Waals surface area contributed by atoms with Gasteiger partial charge in [0.15, 0.2) is 0 Å². The van der Waals surface area contributed by atoms with E-state index in [0.717, 1.165) is 6.42 Å². The molecule has 0 nitrogen and oxygen atoms in total. The summed E-state index contributed by atoms with van der Waals surface area (Å²) in [5.41, 5.74) is 0. The second-order valence-electron chi connectivity index (χ2n) is 0.500. The largest absolute Gasteiger partial charge is 1.00 e. The Kier molecular flexibility index (Phi) is 79.1. The molecular weight excluding hydrogens is 99.2 g/mol. The second-order valence-corrected chi connectivity index (χ2v) is 0.500. The van der Waals surface area contributed by atoms with Gasteiger partial charge in [0, 0.05) is 0 Å². The molecule has 0 aromatic carbocycles. The Morgan fingerprint density at radius 2 is 1.33 bits per heavy atom. The third-order valence-corrected chi connectivity index (χ3v) is 0. The van der Waals surface area contributed by atoms with E-state index in [0.29, 0.717) is 0 Å². The van der Waals surface area contributed by atoms with Crippen LogP contribution in [0.3, 0.4) is 0 Å². The Balaban J connectivity index is -0.0000000275. The van der Waals surface area contributed by atoms with Gasteiger partial charge in [0.05, 0.1) is 0 Å². The van der Waals surface area contributed by atoms with Crippen molar-refractivity contribution in [2.24, 2.45) is 0 Å². The van der Waals surface area contributed by atoms with Crippen LogP contribution in [0.4, 0.5) is 0 Å². The van der Waals surface area contributed by atoms with Crippen molar-refractivity contribution < 1.29 is 51.4 Å². The zero-order chi connectivity index (χ0) is 4.71.